The Kier molecular flexibility index (Phi) is 4.76. The van der Waals surface area contributed by atoms with E-state index in [1.807, 2.05) is 0 Å². The van der Waals surface area contributed by atoms with Gasteiger partial charge in [-0.1, -0.05) is 11.6 Å². The van der Waals surface area contributed by atoms with E-state index < -0.39 is 10.0 Å². The molecule has 2 N–H and O–H groups in total. The van der Waals surface area contributed by atoms with Crippen LogP contribution in [0.3, 0.4) is 0 Å². The Morgan fingerprint density at radius 3 is 2.80 bits per heavy atom. The Bertz CT molecular complexity index is 743. The van der Waals surface area contributed by atoms with E-state index in [-0.39, 0.29) is 11.5 Å². The van der Waals surface area contributed by atoms with Gasteiger partial charge in [-0.2, -0.15) is 0 Å². The fourth-order valence-corrected chi connectivity index (χ4v) is 5.11. The van der Waals surface area contributed by atoms with Gasteiger partial charge < -0.3 is 5.11 Å². The van der Waals surface area contributed by atoms with E-state index in [2.05, 4.69) is 20.7 Å². The number of sulfonamides is 1. The zero-order valence-electron chi connectivity index (χ0n) is 10.4. The average molecular weight is 397 g/mol. The molecule has 0 spiro atoms. The molecule has 1 aromatic heterocycles. The van der Waals surface area contributed by atoms with Crippen LogP contribution in [0.1, 0.15) is 10.4 Å². The van der Waals surface area contributed by atoms with Gasteiger partial charge in [0.05, 0.1) is 17.2 Å². The first-order chi connectivity index (χ1) is 9.35. The molecule has 0 unspecified atom stereocenters. The van der Waals surface area contributed by atoms with Gasteiger partial charge in [0.1, 0.15) is 4.90 Å². The number of aliphatic hydroxyl groups is 1. The Morgan fingerprint density at radius 1 is 1.45 bits per heavy atom. The number of nitrogens with one attached hydrogen (secondary N) is 1. The van der Waals surface area contributed by atoms with E-state index in [4.69, 9.17) is 11.6 Å². The van der Waals surface area contributed by atoms with Crippen LogP contribution in [-0.4, -0.2) is 13.5 Å². The van der Waals surface area contributed by atoms with Gasteiger partial charge in [-0.05, 0) is 52.0 Å². The van der Waals surface area contributed by atoms with Gasteiger partial charge in [-0.3, -0.25) is 4.72 Å². The third kappa shape index (κ3) is 3.17. The van der Waals surface area contributed by atoms with Crippen LogP contribution in [-0.2, 0) is 16.6 Å². The SMILES string of the molecule is Cc1csc(CO)c1S(=O)(=O)Nc1cc(Cl)ccc1Br. The third-order valence-electron chi connectivity index (χ3n) is 2.57. The van der Waals surface area contributed by atoms with Crippen molar-refractivity contribution < 1.29 is 13.5 Å². The summed E-state index contributed by atoms with van der Waals surface area (Å²) in [5.74, 6) is 0. The summed E-state index contributed by atoms with van der Waals surface area (Å²) in [6.45, 7) is 1.38. The van der Waals surface area contributed by atoms with Crippen molar-refractivity contribution in [2.45, 2.75) is 18.4 Å². The lowest BCUT2D eigenvalue weighted by molar-refractivity contribution is 0.282. The Balaban J connectivity index is 2.46. The summed E-state index contributed by atoms with van der Waals surface area (Å²) < 4.78 is 28.0. The second kappa shape index (κ2) is 6.03. The minimum Gasteiger partial charge on any atom is -0.391 e. The summed E-state index contributed by atoms with van der Waals surface area (Å²) in [4.78, 5) is 0.532. The molecule has 0 aliphatic carbocycles. The summed E-state index contributed by atoms with van der Waals surface area (Å²) >= 11 is 10.3. The molecule has 0 radical (unpaired) electrons. The molecule has 8 heteroatoms. The van der Waals surface area contributed by atoms with Crippen molar-refractivity contribution in [3.8, 4) is 0 Å². The molecular weight excluding hydrogens is 386 g/mol. The molecule has 0 bridgehead atoms. The van der Waals surface area contributed by atoms with Crippen molar-refractivity contribution in [3.63, 3.8) is 0 Å². The predicted molar refractivity (Wildman–Crippen MR) is 84.9 cm³/mol. The Labute approximate surface area is 134 Å². The van der Waals surface area contributed by atoms with Crippen molar-refractivity contribution in [1.82, 2.24) is 0 Å². The van der Waals surface area contributed by atoms with Gasteiger partial charge in [-0.15, -0.1) is 11.3 Å². The Morgan fingerprint density at radius 2 is 2.15 bits per heavy atom. The number of halogens is 2. The number of anilines is 1. The summed E-state index contributed by atoms with van der Waals surface area (Å²) in [6.07, 6.45) is 0. The van der Waals surface area contributed by atoms with Crippen LogP contribution in [0, 0.1) is 6.92 Å². The second-order valence-electron chi connectivity index (χ2n) is 4.06. The first kappa shape index (κ1) is 15.8. The van der Waals surface area contributed by atoms with Crippen LogP contribution in [0.5, 0.6) is 0 Å². The van der Waals surface area contributed by atoms with Crippen LogP contribution >= 0.6 is 38.9 Å². The first-order valence-electron chi connectivity index (χ1n) is 5.51. The van der Waals surface area contributed by atoms with Gasteiger partial charge in [0.25, 0.3) is 10.0 Å². The van der Waals surface area contributed by atoms with E-state index in [0.29, 0.717) is 25.6 Å². The highest BCUT2D eigenvalue weighted by Gasteiger charge is 2.23. The number of rotatable bonds is 4. The lowest BCUT2D eigenvalue weighted by Crippen LogP contribution is -2.15. The molecule has 0 fully saturated rings. The molecule has 108 valence electrons. The zero-order chi connectivity index (χ0) is 14.9. The fourth-order valence-electron chi connectivity index (χ4n) is 1.73. The van der Waals surface area contributed by atoms with Crippen molar-refractivity contribution in [2.24, 2.45) is 0 Å². The van der Waals surface area contributed by atoms with E-state index in [0.717, 1.165) is 0 Å². The van der Waals surface area contributed by atoms with Crippen LogP contribution in [0.4, 0.5) is 5.69 Å². The maximum absolute atomic E-state index is 12.4. The molecule has 4 nitrogen and oxygen atoms in total. The fraction of sp³-hybridized carbons (Fsp3) is 0.167. The van der Waals surface area contributed by atoms with E-state index in [1.165, 1.54) is 17.4 Å². The monoisotopic (exact) mass is 395 g/mol. The number of aliphatic hydroxyl groups excluding tert-OH is 1. The topological polar surface area (TPSA) is 66.4 Å². The molecule has 0 atom stereocenters. The average Bonchev–Trinajstić information content (AvgIpc) is 2.75. The number of aryl methyl sites for hydroxylation is 1. The first-order valence-corrected chi connectivity index (χ1v) is 9.04. The lowest BCUT2D eigenvalue weighted by Gasteiger charge is -2.11. The molecule has 0 saturated heterocycles. The number of benzene rings is 1. The summed E-state index contributed by atoms with van der Waals surface area (Å²) in [5, 5.41) is 11.4. The number of thiophene rings is 1. The van der Waals surface area contributed by atoms with Crippen LogP contribution in [0.25, 0.3) is 0 Å². The lowest BCUT2D eigenvalue weighted by atomic mass is 10.3. The van der Waals surface area contributed by atoms with Crippen LogP contribution < -0.4 is 4.72 Å². The minimum absolute atomic E-state index is 0.122. The highest BCUT2D eigenvalue weighted by Crippen LogP contribution is 2.32. The molecule has 0 aliphatic heterocycles. The molecule has 20 heavy (non-hydrogen) atoms. The van der Waals surface area contributed by atoms with Gasteiger partial charge in [-0.25, -0.2) is 8.42 Å². The van der Waals surface area contributed by atoms with Gasteiger partial charge >= 0.3 is 0 Å². The summed E-state index contributed by atoms with van der Waals surface area (Å²) in [5.41, 5.74) is 0.955. The van der Waals surface area contributed by atoms with Crippen molar-refractivity contribution in [3.05, 3.63) is 43.5 Å². The van der Waals surface area contributed by atoms with Gasteiger partial charge in [0.15, 0.2) is 0 Å². The number of hydrogen-bond donors (Lipinski definition) is 2. The zero-order valence-corrected chi connectivity index (χ0v) is 14.3. The molecule has 2 rings (SSSR count). The van der Waals surface area contributed by atoms with E-state index in [9.17, 15) is 13.5 Å². The molecule has 0 amide bonds. The summed E-state index contributed by atoms with van der Waals surface area (Å²) in [7, 11) is -3.77. The van der Waals surface area contributed by atoms with Crippen LogP contribution in [0.2, 0.25) is 5.02 Å². The third-order valence-corrected chi connectivity index (χ3v) is 6.31. The smallest absolute Gasteiger partial charge is 0.263 e. The van der Waals surface area contributed by atoms with Crippen molar-refractivity contribution in [1.29, 1.82) is 0 Å². The molecule has 2 aromatic rings. The highest BCUT2D eigenvalue weighted by atomic mass is 79.9. The molecule has 1 aromatic carbocycles. The van der Waals surface area contributed by atoms with Crippen molar-refractivity contribution in [2.75, 3.05) is 4.72 Å². The summed E-state index contributed by atoms with van der Waals surface area (Å²) in [6, 6.07) is 4.83. The molecule has 0 saturated carbocycles. The van der Waals surface area contributed by atoms with Crippen molar-refractivity contribution >= 4 is 54.6 Å². The van der Waals surface area contributed by atoms with Gasteiger partial charge in [0.2, 0.25) is 0 Å². The second-order valence-corrected chi connectivity index (χ2v) is 7.93. The molecule has 0 aliphatic rings. The number of hydrogen-bond acceptors (Lipinski definition) is 4. The standard InChI is InChI=1S/C12H11BrClNO3S2/c1-7-6-19-11(5-16)12(7)20(17,18)15-10-4-8(14)2-3-9(10)13/h2-4,6,15-16H,5H2,1H3. The van der Waals surface area contributed by atoms with E-state index in [1.54, 1.807) is 24.4 Å². The van der Waals surface area contributed by atoms with Gasteiger partial charge in [0, 0.05) is 9.50 Å². The normalized spacial score (nSPS) is 11.6. The Hall–Kier alpha value is -0.600. The molecular formula is C12H11BrClNO3S2. The maximum Gasteiger partial charge on any atom is 0.263 e. The largest absolute Gasteiger partial charge is 0.391 e. The molecule has 1 heterocycles. The highest BCUT2D eigenvalue weighted by molar-refractivity contribution is 9.10. The quantitative estimate of drug-likeness (QED) is 0.827. The predicted octanol–water partition coefficient (Wildman–Crippen LogP) is 3.77. The van der Waals surface area contributed by atoms with E-state index >= 15 is 0 Å². The minimum atomic E-state index is -3.77. The van der Waals surface area contributed by atoms with Crippen LogP contribution in [0.15, 0.2) is 32.9 Å². The maximum atomic E-state index is 12.4.